The third kappa shape index (κ3) is 6.70. The number of aliphatic carboxylic acids is 1. The topological polar surface area (TPSA) is 111 Å². The lowest BCUT2D eigenvalue weighted by molar-refractivity contribution is -0.137. The average molecular weight is 655 g/mol. The van der Waals surface area contributed by atoms with Crippen LogP contribution in [0.1, 0.15) is 68.8 Å². The third-order valence-electron chi connectivity index (χ3n) is 9.62. The molecule has 250 valence electrons. The van der Waals surface area contributed by atoms with Crippen LogP contribution in [0, 0.1) is 17.0 Å². The molecule has 5 aromatic rings. The zero-order chi connectivity index (χ0) is 34.2. The number of carboxylic acids is 1. The van der Waals surface area contributed by atoms with Crippen molar-refractivity contribution in [3.8, 4) is 22.9 Å². The molecule has 2 aromatic heterocycles. The Labute approximate surface area is 278 Å². The number of nitrogens with zero attached hydrogens (tertiary/aromatic N) is 2. The van der Waals surface area contributed by atoms with Gasteiger partial charge in [0, 0.05) is 72.5 Å². The molecular weight excluding hydrogens is 614 g/mol. The van der Waals surface area contributed by atoms with Gasteiger partial charge in [0.25, 0.3) is 0 Å². The summed E-state index contributed by atoms with van der Waals surface area (Å²) in [6.07, 6.45) is 5.62. The fourth-order valence-electron chi connectivity index (χ4n) is 6.76. The van der Waals surface area contributed by atoms with E-state index in [0.717, 1.165) is 28.6 Å². The van der Waals surface area contributed by atoms with Gasteiger partial charge in [-0.05, 0) is 73.4 Å². The highest BCUT2D eigenvalue weighted by Gasteiger charge is 2.35. The Morgan fingerprint density at radius 1 is 1.04 bits per heavy atom. The Kier molecular flexibility index (Phi) is 8.85. The van der Waals surface area contributed by atoms with E-state index in [1.165, 1.54) is 24.3 Å². The molecule has 0 radical (unpaired) electrons. The maximum Gasteiger partial charge on any atom is 0.303 e. The number of hydrogen-bond donors (Lipinski definition) is 3. The number of nitrogens with one attached hydrogen (secondary N) is 2. The van der Waals surface area contributed by atoms with Gasteiger partial charge in [0.05, 0.1) is 5.56 Å². The molecule has 1 unspecified atom stereocenters. The number of fused-ring (bicyclic) bond motifs is 8. The molecule has 48 heavy (non-hydrogen) atoms. The lowest BCUT2D eigenvalue weighted by Gasteiger charge is -2.36. The number of ether oxygens (including phenoxy) is 1. The number of carboxylic acid groups (broad SMARTS) is 1. The van der Waals surface area contributed by atoms with Crippen LogP contribution in [0.5, 0.6) is 11.5 Å². The summed E-state index contributed by atoms with van der Waals surface area (Å²) in [5, 5.41) is 10.0. The number of halogens is 2. The fraction of sp³-hybridized carbons (Fsp3) is 0.342. The minimum absolute atomic E-state index is 0.00736. The first kappa shape index (κ1) is 32.9. The second-order valence-electron chi connectivity index (χ2n) is 13.8. The van der Waals surface area contributed by atoms with E-state index >= 15 is 8.78 Å². The van der Waals surface area contributed by atoms with Crippen LogP contribution in [-0.2, 0) is 27.8 Å². The number of rotatable bonds is 4. The van der Waals surface area contributed by atoms with E-state index < -0.39 is 23.0 Å². The highest BCUT2D eigenvalue weighted by Crippen LogP contribution is 2.42. The van der Waals surface area contributed by atoms with Gasteiger partial charge in [-0.3, -0.25) is 9.59 Å². The molecule has 3 N–H and O–H groups in total. The maximum atomic E-state index is 15.6. The zero-order valence-corrected chi connectivity index (χ0v) is 27.6. The predicted octanol–water partition coefficient (Wildman–Crippen LogP) is 8.16. The van der Waals surface area contributed by atoms with Crippen molar-refractivity contribution in [3.63, 3.8) is 0 Å². The Morgan fingerprint density at radius 3 is 2.65 bits per heavy atom. The number of hydrogen-bond acceptors (Lipinski definition) is 4. The number of amides is 1. The summed E-state index contributed by atoms with van der Waals surface area (Å²) in [5.41, 5.74) is 3.03. The second-order valence-corrected chi connectivity index (χ2v) is 13.8. The van der Waals surface area contributed by atoms with Crippen molar-refractivity contribution < 1.29 is 28.2 Å². The molecule has 4 bridgehead atoms. The standard InChI is InChI=1S/C38H40F2N4O4/c1-37(2)15-16-38(3,24-7-5-6-23(18-24)8-13-34(46)47)32-21-42-36(43-32)28-19-25(9-11-29(28)39)48-35-27(10-12-33(45)44(4)22-37)26-14-17-41-31(26)20-30(35)40/h5-7,9,11,14,17-21,41H,8,10,12-13,15-16,22H2,1-4H3,(H,42,43)(H,46,47). The molecule has 3 aromatic carbocycles. The van der Waals surface area contributed by atoms with Gasteiger partial charge in [0.2, 0.25) is 5.91 Å². The van der Waals surface area contributed by atoms with Crippen molar-refractivity contribution in [3.05, 3.63) is 101 Å². The smallest absolute Gasteiger partial charge is 0.303 e. The number of carbonyl (C=O) groups is 2. The molecule has 0 spiro atoms. The highest BCUT2D eigenvalue weighted by atomic mass is 19.1. The Bertz CT molecular complexity index is 2000. The molecule has 0 saturated carbocycles. The monoisotopic (exact) mass is 654 g/mol. The number of aromatic amines is 2. The fourth-order valence-corrected chi connectivity index (χ4v) is 6.76. The quantitative estimate of drug-likeness (QED) is 0.181. The predicted molar refractivity (Wildman–Crippen MR) is 180 cm³/mol. The van der Waals surface area contributed by atoms with Crippen LogP contribution in [0.3, 0.4) is 0 Å². The molecule has 1 aliphatic heterocycles. The summed E-state index contributed by atoms with van der Waals surface area (Å²) in [4.78, 5) is 37.6. The number of carbonyl (C=O) groups excluding carboxylic acids is 1. The van der Waals surface area contributed by atoms with Gasteiger partial charge in [-0.2, -0.15) is 0 Å². The second kappa shape index (κ2) is 12.9. The normalized spacial score (nSPS) is 18.5. The van der Waals surface area contributed by atoms with Gasteiger partial charge in [0.15, 0.2) is 11.6 Å². The Balaban J connectivity index is 1.47. The third-order valence-corrected chi connectivity index (χ3v) is 9.62. The number of H-pyrrole nitrogens is 2. The summed E-state index contributed by atoms with van der Waals surface area (Å²) < 4.78 is 37.2. The molecule has 10 heteroatoms. The van der Waals surface area contributed by atoms with Crippen molar-refractivity contribution in [1.82, 2.24) is 19.9 Å². The van der Waals surface area contributed by atoms with E-state index in [-0.39, 0.29) is 47.6 Å². The molecule has 1 aliphatic rings. The lowest BCUT2D eigenvalue weighted by atomic mass is 9.71. The molecule has 6 rings (SSSR count). The molecule has 1 atom stereocenters. The number of aromatic nitrogens is 3. The van der Waals surface area contributed by atoms with Crippen LogP contribution in [-0.4, -0.2) is 50.4 Å². The first-order valence-electron chi connectivity index (χ1n) is 16.2. The van der Waals surface area contributed by atoms with Crippen molar-refractivity contribution >= 4 is 22.8 Å². The number of aryl methyl sites for hydroxylation is 2. The lowest BCUT2D eigenvalue weighted by Crippen LogP contribution is -2.37. The van der Waals surface area contributed by atoms with Crippen molar-refractivity contribution in [1.29, 1.82) is 0 Å². The molecule has 0 fully saturated rings. The van der Waals surface area contributed by atoms with Crippen molar-refractivity contribution in [2.45, 2.75) is 64.7 Å². The van der Waals surface area contributed by atoms with Gasteiger partial charge < -0.3 is 24.7 Å². The van der Waals surface area contributed by atoms with Crippen LogP contribution in [0.4, 0.5) is 8.78 Å². The van der Waals surface area contributed by atoms with E-state index in [1.54, 1.807) is 24.3 Å². The summed E-state index contributed by atoms with van der Waals surface area (Å²) >= 11 is 0. The largest absolute Gasteiger partial charge is 0.481 e. The van der Waals surface area contributed by atoms with Crippen LogP contribution >= 0.6 is 0 Å². The molecule has 0 aliphatic carbocycles. The van der Waals surface area contributed by atoms with E-state index in [1.807, 2.05) is 30.3 Å². The van der Waals surface area contributed by atoms with Crippen LogP contribution in [0.15, 0.2) is 67.0 Å². The van der Waals surface area contributed by atoms with E-state index in [9.17, 15) is 14.7 Å². The number of imidazole rings is 1. The van der Waals surface area contributed by atoms with E-state index in [0.29, 0.717) is 36.3 Å². The van der Waals surface area contributed by atoms with Crippen LogP contribution < -0.4 is 4.74 Å². The first-order valence-corrected chi connectivity index (χ1v) is 16.2. The summed E-state index contributed by atoms with van der Waals surface area (Å²) in [5.74, 6) is -1.53. The zero-order valence-electron chi connectivity index (χ0n) is 27.6. The van der Waals surface area contributed by atoms with Gasteiger partial charge in [-0.25, -0.2) is 13.8 Å². The van der Waals surface area contributed by atoms with Crippen molar-refractivity contribution in [2.75, 3.05) is 13.6 Å². The number of benzene rings is 3. The first-order chi connectivity index (χ1) is 22.8. The molecular formula is C38H40F2N4O4. The Hall–Kier alpha value is -4.99. The molecule has 0 saturated heterocycles. The SMILES string of the molecule is CN1CC(C)(C)CCC(C)(c2cccc(CCC(=O)O)c2)c2cnc([nH]2)-c2cc(ccc2F)Oc2c(F)cc3[nH]ccc3c2CCC1=O. The highest BCUT2D eigenvalue weighted by molar-refractivity contribution is 5.86. The van der Waals surface area contributed by atoms with Gasteiger partial charge in [-0.15, -0.1) is 0 Å². The minimum Gasteiger partial charge on any atom is -0.481 e. The van der Waals surface area contributed by atoms with E-state index in [2.05, 4.69) is 35.7 Å². The molecule has 3 heterocycles. The van der Waals surface area contributed by atoms with E-state index in [4.69, 9.17) is 4.74 Å². The summed E-state index contributed by atoms with van der Waals surface area (Å²) in [6, 6.07) is 15.3. The summed E-state index contributed by atoms with van der Waals surface area (Å²) in [6.45, 7) is 6.84. The minimum atomic E-state index is -0.862. The molecule has 1 amide bonds. The van der Waals surface area contributed by atoms with Gasteiger partial charge in [0.1, 0.15) is 17.4 Å². The summed E-state index contributed by atoms with van der Waals surface area (Å²) in [7, 11) is 1.80. The van der Waals surface area contributed by atoms with Gasteiger partial charge in [-0.1, -0.05) is 38.1 Å². The molecule has 8 nitrogen and oxygen atoms in total. The van der Waals surface area contributed by atoms with Gasteiger partial charge >= 0.3 is 5.97 Å². The average Bonchev–Trinajstić information content (AvgIpc) is 3.73. The Morgan fingerprint density at radius 2 is 1.85 bits per heavy atom. The van der Waals surface area contributed by atoms with Crippen LogP contribution in [0.25, 0.3) is 22.3 Å². The van der Waals surface area contributed by atoms with Crippen LogP contribution in [0.2, 0.25) is 0 Å². The maximum absolute atomic E-state index is 15.6. The van der Waals surface area contributed by atoms with Crippen molar-refractivity contribution in [2.24, 2.45) is 5.41 Å².